The highest BCUT2D eigenvalue weighted by molar-refractivity contribution is 5.63. The Kier molecular flexibility index (Phi) is 4.85. The zero-order chi connectivity index (χ0) is 15.9. The first-order valence-corrected chi connectivity index (χ1v) is 7.56. The highest BCUT2D eigenvalue weighted by Crippen LogP contribution is 2.21. The van der Waals surface area contributed by atoms with Crippen LogP contribution in [0.5, 0.6) is 5.75 Å². The van der Waals surface area contributed by atoms with Gasteiger partial charge in [0.1, 0.15) is 12.4 Å². The van der Waals surface area contributed by atoms with Crippen LogP contribution in [0.15, 0.2) is 78.9 Å². The lowest BCUT2D eigenvalue weighted by Gasteiger charge is -2.08. The smallest absolute Gasteiger partial charge is 0.203 e. The molecule has 0 saturated carbocycles. The van der Waals surface area contributed by atoms with Crippen molar-refractivity contribution in [2.24, 2.45) is 0 Å². The van der Waals surface area contributed by atoms with Gasteiger partial charge in [0.25, 0.3) is 0 Å². The van der Waals surface area contributed by atoms with Gasteiger partial charge in [0.15, 0.2) is 0 Å². The lowest BCUT2D eigenvalue weighted by Crippen LogP contribution is -1.96. The molecule has 2 heteroatoms. The molecule has 113 valence electrons. The maximum Gasteiger partial charge on any atom is 0.203 e. The van der Waals surface area contributed by atoms with Gasteiger partial charge in [-0.3, -0.25) is 4.79 Å². The fraction of sp³-hybridized carbons (Fsp3) is 0.0952. The van der Waals surface area contributed by atoms with Gasteiger partial charge in [-0.1, -0.05) is 60.7 Å². The topological polar surface area (TPSA) is 26.3 Å². The molecule has 0 spiro atoms. The molecular formula is C21H17O2. The van der Waals surface area contributed by atoms with Gasteiger partial charge < -0.3 is 4.74 Å². The number of ether oxygens (including phenoxy) is 1. The lowest BCUT2D eigenvalue weighted by molar-refractivity contribution is 0.306. The van der Waals surface area contributed by atoms with E-state index in [1.807, 2.05) is 54.8 Å². The van der Waals surface area contributed by atoms with E-state index in [1.54, 1.807) is 0 Å². The predicted molar refractivity (Wildman–Crippen MR) is 92.0 cm³/mol. The van der Waals surface area contributed by atoms with Gasteiger partial charge in [-0.15, -0.1) is 0 Å². The van der Waals surface area contributed by atoms with E-state index in [2.05, 4.69) is 30.3 Å². The molecule has 0 saturated heterocycles. The van der Waals surface area contributed by atoms with Crippen LogP contribution in [0, 0.1) is 0 Å². The molecule has 0 N–H and O–H groups in total. The molecule has 23 heavy (non-hydrogen) atoms. The lowest BCUT2D eigenvalue weighted by atomic mass is 10.0. The summed E-state index contributed by atoms with van der Waals surface area (Å²) in [6.07, 6.45) is 2.21. The number of hydrogen-bond acceptors (Lipinski definition) is 2. The summed E-state index contributed by atoms with van der Waals surface area (Å²) in [5, 5.41) is 0. The van der Waals surface area contributed by atoms with Crippen molar-refractivity contribution in [2.75, 3.05) is 0 Å². The van der Waals surface area contributed by atoms with E-state index < -0.39 is 0 Å². The average Bonchev–Trinajstić information content (AvgIpc) is 2.62. The number of hydrogen-bond donors (Lipinski definition) is 0. The van der Waals surface area contributed by atoms with Gasteiger partial charge in [-0.2, -0.15) is 0 Å². The summed E-state index contributed by atoms with van der Waals surface area (Å²) in [7, 11) is 0. The summed E-state index contributed by atoms with van der Waals surface area (Å²) < 4.78 is 5.82. The van der Waals surface area contributed by atoms with Crippen LogP contribution in [-0.2, 0) is 17.8 Å². The Hall–Kier alpha value is -2.87. The molecule has 3 aromatic carbocycles. The van der Waals surface area contributed by atoms with E-state index in [4.69, 9.17) is 4.74 Å². The summed E-state index contributed by atoms with van der Waals surface area (Å²) in [5.74, 6) is 0.796. The fourth-order valence-electron chi connectivity index (χ4n) is 2.42. The third kappa shape index (κ3) is 4.07. The largest absolute Gasteiger partial charge is 0.489 e. The molecule has 2 nitrogen and oxygen atoms in total. The van der Waals surface area contributed by atoms with Crippen molar-refractivity contribution in [1.29, 1.82) is 0 Å². The molecule has 0 amide bonds. The highest BCUT2D eigenvalue weighted by Gasteiger charge is 2.01. The third-order valence-electron chi connectivity index (χ3n) is 3.64. The second kappa shape index (κ2) is 7.41. The Bertz CT molecular complexity index is 761. The van der Waals surface area contributed by atoms with E-state index in [-0.39, 0.29) is 0 Å². The Balaban J connectivity index is 1.67. The van der Waals surface area contributed by atoms with E-state index in [0.29, 0.717) is 13.0 Å². The molecule has 0 atom stereocenters. The summed E-state index contributed by atoms with van der Waals surface area (Å²) in [4.78, 5) is 10.4. The second-order valence-electron chi connectivity index (χ2n) is 5.32. The summed E-state index contributed by atoms with van der Waals surface area (Å²) in [6, 6.07) is 26.2. The van der Waals surface area contributed by atoms with Crippen LogP contribution in [0.3, 0.4) is 0 Å². The molecule has 0 aliphatic heterocycles. The minimum atomic E-state index is 0.319. The van der Waals surface area contributed by atoms with E-state index >= 15 is 0 Å². The predicted octanol–water partition coefficient (Wildman–Crippen LogP) is 4.58. The first kappa shape index (κ1) is 15.0. The fourth-order valence-corrected chi connectivity index (χ4v) is 2.42. The second-order valence-corrected chi connectivity index (χ2v) is 5.32. The number of rotatable bonds is 6. The van der Waals surface area contributed by atoms with E-state index in [1.165, 1.54) is 11.1 Å². The van der Waals surface area contributed by atoms with Crippen molar-refractivity contribution in [3.8, 4) is 16.9 Å². The number of benzene rings is 3. The zero-order valence-electron chi connectivity index (χ0n) is 12.7. The molecule has 0 aliphatic rings. The van der Waals surface area contributed by atoms with Crippen molar-refractivity contribution in [3.63, 3.8) is 0 Å². The molecule has 0 aromatic heterocycles. The van der Waals surface area contributed by atoms with Crippen LogP contribution >= 0.6 is 0 Å². The SMILES string of the molecule is O=[C]Cc1ccc(OCc2cccc(-c3ccccc3)c2)cc1. The van der Waals surface area contributed by atoms with Crippen molar-refractivity contribution in [2.45, 2.75) is 13.0 Å². The van der Waals surface area contributed by atoms with Crippen LogP contribution in [0.25, 0.3) is 11.1 Å². The average molecular weight is 301 g/mol. The molecule has 3 aromatic rings. The Morgan fingerprint density at radius 3 is 2.22 bits per heavy atom. The van der Waals surface area contributed by atoms with Gasteiger partial charge in [0.2, 0.25) is 6.29 Å². The molecule has 0 aliphatic carbocycles. The molecule has 1 radical (unpaired) electrons. The summed E-state index contributed by atoms with van der Waals surface area (Å²) in [6.45, 7) is 0.514. The zero-order valence-corrected chi connectivity index (χ0v) is 12.7. The Morgan fingerprint density at radius 2 is 1.48 bits per heavy atom. The van der Waals surface area contributed by atoms with Gasteiger partial charge in [0.05, 0.1) is 0 Å². The molecule has 0 bridgehead atoms. The highest BCUT2D eigenvalue weighted by atomic mass is 16.5. The summed E-state index contributed by atoms with van der Waals surface area (Å²) >= 11 is 0. The van der Waals surface area contributed by atoms with Crippen molar-refractivity contribution in [3.05, 3.63) is 90.0 Å². The first-order chi connectivity index (χ1) is 11.3. The maximum atomic E-state index is 10.4. The minimum Gasteiger partial charge on any atom is -0.489 e. The van der Waals surface area contributed by atoms with Crippen LogP contribution in [0.4, 0.5) is 0 Å². The third-order valence-corrected chi connectivity index (χ3v) is 3.64. The molecule has 0 fully saturated rings. The minimum absolute atomic E-state index is 0.319. The van der Waals surface area contributed by atoms with Gasteiger partial charge in [0, 0.05) is 6.42 Å². The van der Waals surface area contributed by atoms with Crippen LogP contribution in [0.2, 0.25) is 0 Å². The van der Waals surface area contributed by atoms with Gasteiger partial charge >= 0.3 is 0 Å². The van der Waals surface area contributed by atoms with Crippen molar-refractivity contribution < 1.29 is 9.53 Å². The first-order valence-electron chi connectivity index (χ1n) is 7.56. The molecule has 3 rings (SSSR count). The monoisotopic (exact) mass is 301 g/mol. The molecule has 0 unspecified atom stereocenters. The van der Waals surface area contributed by atoms with Crippen LogP contribution < -0.4 is 4.74 Å². The van der Waals surface area contributed by atoms with Crippen LogP contribution in [0.1, 0.15) is 11.1 Å². The number of carbonyl (C=O) groups excluding carboxylic acids is 1. The Labute approximate surface area is 136 Å². The van der Waals surface area contributed by atoms with E-state index in [0.717, 1.165) is 16.9 Å². The standard InChI is InChI=1S/C21H17O2/c22-14-13-17-9-11-21(12-10-17)23-16-18-5-4-8-20(15-18)19-6-2-1-3-7-19/h1-12,15H,13,16H2. The van der Waals surface area contributed by atoms with Crippen molar-refractivity contribution >= 4 is 6.29 Å². The maximum absolute atomic E-state index is 10.4. The van der Waals surface area contributed by atoms with Gasteiger partial charge in [-0.25, -0.2) is 0 Å². The quantitative estimate of drug-likeness (QED) is 0.666. The van der Waals surface area contributed by atoms with Crippen LogP contribution in [-0.4, -0.2) is 6.29 Å². The normalized spacial score (nSPS) is 10.3. The van der Waals surface area contributed by atoms with Gasteiger partial charge in [-0.05, 0) is 40.5 Å². The van der Waals surface area contributed by atoms with Crippen molar-refractivity contribution in [1.82, 2.24) is 0 Å². The Morgan fingerprint density at radius 1 is 0.739 bits per heavy atom. The summed E-state index contributed by atoms with van der Waals surface area (Å²) in [5.41, 5.74) is 4.45. The molecular weight excluding hydrogens is 284 g/mol. The molecule has 0 heterocycles. The van der Waals surface area contributed by atoms with E-state index in [9.17, 15) is 4.79 Å².